The largest absolute Gasteiger partial charge is 0.383 e. The Balaban J connectivity index is 2.58. The number of hydrogen-bond acceptors (Lipinski definition) is 1. The van der Waals surface area contributed by atoms with E-state index in [1.54, 1.807) is 0 Å². The maximum absolute atomic E-state index is 9.57. The predicted molar refractivity (Wildman–Crippen MR) is 53.4 cm³/mol. The molecular weight excluding hydrogens is 251 g/mol. The summed E-state index contributed by atoms with van der Waals surface area (Å²) in [5.41, 5.74) is 2.17. The normalized spacial score (nSPS) is 21.3. The summed E-state index contributed by atoms with van der Waals surface area (Å²) in [5, 5.41) is 9.57. The summed E-state index contributed by atoms with van der Waals surface area (Å²) in [6, 6.07) is 7.91. The zero-order valence-corrected chi connectivity index (χ0v) is 7.95. The maximum Gasteiger partial charge on any atom is 0.110 e. The first-order valence-corrected chi connectivity index (χ1v) is 4.51. The molecule has 1 aliphatic rings. The van der Waals surface area contributed by atoms with Crippen LogP contribution in [0, 0.1) is 0 Å². The number of hydrogen-bond donors (Lipinski definition) is 1. The minimum Gasteiger partial charge on any atom is -0.383 e. The van der Waals surface area contributed by atoms with Crippen LogP contribution in [0.15, 0.2) is 27.8 Å². The van der Waals surface area contributed by atoms with Gasteiger partial charge in [-0.3, -0.25) is 0 Å². The molecule has 0 fully saturated rings. The molecule has 0 spiro atoms. The van der Waals surface area contributed by atoms with E-state index in [1.165, 1.54) is 0 Å². The van der Waals surface area contributed by atoms with E-state index in [4.69, 9.17) is 0 Å². The second-order valence-electron chi connectivity index (χ2n) is 2.56. The summed E-state index contributed by atoms with van der Waals surface area (Å²) in [6.45, 7) is 0. The molecule has 2 heteroatoms. The van der Waals surface area contributed by atoms with Gasteiger partial charge in [0.05, 0.1) is 0 Å². The van der Waals surface area contributed by atoms with Gasteiger partial charge in [0.15, 0.2) is 0 Å². The Morgan fingerprint density at radius 2 is 2.00 bits per heavy atom. The van der Waals surface area contributed by atoms with Crippen molar-refractivity contribution >= 4 is 28.7 Å². The summed E-state index contributed by atoms with van der Waals surface area (Å²) < 4.78 is 1.00. The summed E-state index contributed by atoms with van der Waals surface area (Å²) >= 11 is 2.16. The average molecular weight is 258 g/mol. The minimum atomic E-state index is -0.383. The molecule has 1 unspecified atom stereocenters. The third kappa shape index (κ3) is 1.10. The molecule has 0 radical (unpaired) electrons. The molecule has 1 atom stereocenters. The van der Waals surface area contributed by atoms with Crippen LogP contribution in [0.2, 0.25) is 0 Å². The number of aliphatic hydroxyl groups excluding tert-OH is 1. The maximum atomic E-state index is 9.57. The molecule has 56 valence electrons. The molecule has 1 aromatic carbocycles. The topological polar surface area (TPSA) is 20.2 Å². The van der Waals surface area contributed by atoms with Crippen molar-refractivity contribution in [3.63, 3.8) is 0 Å². The zero-order valence-electron chi connectivity index (χ0n) is 5.79. The zero-order chi connectivity index (χ0) is 7.84. The first kappa shape index (κ1) is 7.31. The van der Waals surface area contributed by atoms with Crippen LogP contribution >= 0.6 is 22.6 Å². The molecule has 1 nitrogen and oxygen atoms in total. The summed E-state index contributed by atoms with van der Waals surface area (Å²) in [5.74, 6) is 0. The van der Waals surface area contributed by atoms with E-state index in [2.05, 4.69) is 22.6 Å². The van der Waals surface area contributed by atoms with E-state index in [-0.39, 0.29) is 6.10 Å². The van der Waals surface area contributed by atoms with Crippen LogP contribution in [-0.2, 0) is 0 Å². The molecule has 0 amide bonds. The molecular formula is C9H7IO. The van der Waals surface area contributed by atoms with Gasteiger partial charge >= 0.3 is 0 Å². The fourth-order valence-corrected chi connectivity index (χ4v) is 1.94. The van der Waals surface area contributed by atoms with Gasteiger partial charge in [0.2, 0.25) is 0 Å². The Bertz CT molecular complexity index is 317. The van der Waals surface area contributed by atoms with E-state index in [1.807, 2.05) is 30.3 Å². The fraction of sp³-hybridized carbons (Fsp3) is 0.111. The highest BCUT2D eigenvalue weighted by atomic mass is 127. The fourth-order valence-electron chi connectivity index (χ4n) is 1.27. The Hall–Kier alpha value is -0.350. The lowest BCUT2D eigenvalue weighted by atomic mass is 10.1. The van der Waals surface area contributed by atoms with Crippen LogP contribution in [0.25, 0.3) is 6.08 Å². The number of halogens is 1. The standard InChI is InChI=1S/C9H7IO/c10-8-5-6-3-1-2-4-7(6)9(8)11/h1-5,9,11H. The predicted octanol–water partition coefficient (Wildman–Crippen LogP) is 2.51. The number of aliphatic hydroxyl groups is 1. The molecule has 0 saturated heterocycles. The van der Waals surface area contributed by atoms with Gasteiger partial charge in [-0.15, -0.1) is 0 Å². The highest BCUT2D eigenvalue weighted by molar-refractivity contribution is 14.1. The van der Waals surface area contributed by atoms with Gasteiger partial charge in [-0.2, -0.15) is 0 Å². The Kier molecular flexibility index (Phi) is 1.73. The summed E-state index contributed by atoms with van der Waals surface area (Å²) in [7, 11) is 0. The quantitative estimate of drug-likeness (QED) is 0.709. The van der Waals surface area contributed by atoms with Gasteiger partial charge in [-0.25, -0.2) is 0 Å². The second kappa shape index (κ2) is 2.60. The van der Waals surface area contributed by atoms with E-state index in [0.29, 0.717) is 0 Å². The lowest BCUT2D eigenvalue weighted by molar-refractivity contribution is 0.230. The smallest absolute Gasteiger partial charge is 0.110 e. The molecule has 11 heavy (non-hydrogen) atoms. The van der Waals surface area contributed by atoms with Gasteiger partial charge in [-0.1, -0.05) is 24.3 Å². The third-order valence-electron chi connectivity index (χ3n) is 1.85. The van der Waals surface area contributed by atoms with Crippen molar-refractivity contribution in [3.05, 3.63) is 39.0 Å². The van der Waals surface area contributed by atoms with Crippen molar-refractivity contribution in [1.29, 1.82) is 0 Å². The van der Waals surface area contributed by atoms with Crippen molar-refractivity contribution in [2.24, 2.45) is 0 Å². The lowest BCUT2D eigenvalue weighted by Gasteiger charge is -2.03. The molecule has 0 bridgehead atoms. The second-order valence-corrected chi connectivity index (χ2v) is 3.81. The summed E-state index contributed by atoms with van der Waals surface area (Å²) in [4.78, 5) is 0. The van der Waals surface area contributed by atoms with Crippen molar-refractivity contribution in [3.8, 4) is 0 Å². The Morgan fingerprint density at radius 3 is 2.73 bits per heavy atom. The monoisotopic (exact) mass is 258 g/mol. The van der Waals surface area contributed by atoms with Crippen LogP contribution in [0.1, 0.15) is 17.2 Å². The van der Waals surface area contributed by atoms with Crippen LogP contribution in [0.5, 0.6) is 0 Å². The highest BCUT2D eigenvalue weighted by Crippen LogP contribution is 2.37. The molecule has 1 aromatic rings. The molecule has 0 saturated carbocycles. The number of benzene rings is 1. The molecule has 0 heterocycles. The number of fused-ring (bicyclic) bond motifs is 1. The van der Waals surface area contributed by atoms with Gasteiger partial charge < -0.3 is 5.11 Å². The van der Waals surface area contributed by atoms with Crippen LogP contribution < -0.4 is 0 Å². The first-order valence-electron chi connectivity index (χ1n) is 3.43. The van der Waals surface area contributed by atoms with Crippen LogP contribution in [0.3, 0.4) is 0 Å². The van der Waals surface area contributed by atoms with Gasteiger partial charge in [-0.05, 0) is 39.8 Å². The van der Waals surface area contributed by atoms with Crippen molar-refractivity contribution < 1.29 is 5.11 Å². The van der Waals surface area contributed by atoms with Crippen molar-refractivity contribution in [2.45, 2.75) is 6.10 Å². The highest BCUT2D eigenvalue weighted by Gasteiger charge is 2.19. The van der Waals surface area contributed by atoms with E-state index in [0.717, 1.165) is 14.7 Å². The van der Waals surface area contributed by atoms with Crippen LogP contribution in [-0.4, -0.2) is 5.11 Å². The van der Waals surface area contributed by atoms with Gasteiger partial charge in [0.1, 0.15) is 6.10 Å². The van der Waals surface area contributed by atoms with Crippen molar-refractivity contribution in [1.82, 2.24) is 0 Å². The Labute approximate surface area is 78.9 Å². The van der Waals surface area contributed by atoms with Crippen molar-refractivity contribution in [2.75, 3.05) is 0 Å². The van der Waals surface area contributed by atoms with Gasteiger partial charge in [0.25, 0.3) is 0 Å². The molecule has 0 aliphatic heterocycles. The minimum absolute atomic E-state index is 0.383. The molecule has 1 aliphatic carbocycles. The van der Waals surface area contributed by atoms with Gasteiger partial charge in [0, 0.05) is 3.58 Å². The van der Waals surface area contributed by atoms with Crippen LogP contribution in [0.4, 0.5) is 0 Å². The molecule has 1 N–H and O–H groups in total. The van der Waals surface area contributed by atoms with E-state index < -0.39 is 0 Å². The van der Waals surface area contributed by atoms with E-state index in [9.17, 15) is 5.11 Å². The molecule has 2 rings (SSSR count). The first-order chi connectivity index (χ1) is 5.29. The number of rotatable bonds is 0. The Morgan fingerprint density at radius 1 is 1.27 bits per heavy atom. The average Bonchev–Trinajstić information content (AvgIpc) is 2.30. The molecule has 0 aromatic heterocycles. The summed E-state index contributed by atoms with van der Waals surface area (Å²) in [6.07, 6.45) is 1.63. The lowest BCUT2D eigenvalue weighted by Crippen LogP contribution is -1.91. The SMILES string of the molecule is OC1C(I)=Cc2ccccc21. The third-order valence-corrected chi connectivity index (χ3v) is 2.75. The van der Waals surface area contributed by atoms with E-state index >= 15 is 0 Å².